The minimum Gasteiger partial charge on any atom is -0.497 e. The largest absolute Gasteiger partial charge is 0.497 e. The van der Waals surface area contributed by atoms with Crippen molar-refractivity contribution in [3.05, 3.63) is 23.8 Å². The van der Waals surface area contributed by atoms with Gasteiger partial charge in [-0.25, -0.2) is 9.18 Å². The molecule has 0 bridgehead atoms. The predicted molar refractivity (Wildman–Crippen MR) is 60.8 cm³/mol. The van der Waals surface area contributed by atoms with Crippen LogP contribution in [0.4, 0.5) is 4.39 Å². The van der Waals surface area contributed by atoms with Crippen molar-refractivity contribution in [2.24, 2.45) is 0 Å². The fourth-order valence-corrected chi connectivity index (χ4v) is 1.35. The Labute approximate surface area is 103 Å². The highest BCUT2D eigenvalue weighted by atomic mass is 19.1. The monoisotopic (exact) mass is 256 g/mol. The van der Waals surface area contributed by atoms with Crippen LogP contribution < -0.4 is 9.47 Å². The van der Waals surface area contributed by atoms with Gasteiger partial charge in [0.15, 0.2) is 0 Å². The Kier molecular flexibility index (Phi) is 4.65. The summed E-state index contributed by atoms with van der Waals surface area (Å²) in [5.41, 5.74) is -0.0452. The molecule has 0 saturated heterocycles. The zero-order valence-corrected chi connectivity index (χ0v) is 10.2. The van der Waals surface area contributed by atoms with E-state index in [9.17, 15) is 14.0 Å². The molecule has 0 fully saturated rings. The van der Waals surface area contributed by atoms with Crippen LogP contribution in [-0.2, 0) is 9.53 Å². The van der Waals surface area contributed by atoms with Crippen molar-refractivity contribution in [2.45, 2.75) is 6.17 Å². The molecule has 0 aliphatic carbocycles. The van der Waals surface area contributed by atoms with Gasteiger partial charge >= 0.3 is 5.97 Å². The first-order valence-electron chi connectivity index (χ1n) is 5.03. The Hall–Kier alpha value is -2.11. The second-order valence-electron chi connectivity index (χ2n) is 3.32. The highest BCUT2D eigenvalue weighted by Crippen LogP contribution is 2.26. The Balaban J connectivity index is 3.09. The summed E-state index contributed by atoms with van der Waals surface area (Å²) in [6, 6.07) is 4.23. The lowest BCUT2D eigenvalue weighted by Crippen LogP contribution is -2.27. The number of methoxy groups -OCH3 is 3. The molecule has 6 heteroatoms. The van der Waals surface area contributed by atoms with E-state index in [-0.39, 0.29) is 11.3 Å². The van der Waals surface area contributed by atoms with Crippen molar-refractivity contribution in [2.75, 3.05) is 21.3 Å². The molecule has 0 radical (unpaired) electrons. The van der Waals surface area contributed by atoms with E-state index in [0.717, 1.165) is 7.11 Å². The summed E-state index contributed by atoms with van der Waals surface area (Å²) in [6.07, 6.45) is -2.36. The van der Waals surface area contributed by atoms with Crippen LogP contribution in [0.25, 0.3) is 0 Å². The van der Waals surface area contributed by atoms with E-state index in [1.807, 2.05) is 0 Å². The van der Waals surface area contributed by atoms with Gasteiger partial charge in [-0.1, -0.05) is 0 Å². The summed E-state index contributed by atoms with van der Waals surface area (Å²) >= 11 is 0. The first-order chi connectivity index (χ1) is 8.54. The zero-order valence-electron chi connectivity index (χ0n) is 10.2. The van der Waals surface area contributed by atoms with Gasteiger partial charge in [0.2, 0.25) is 5.78 Å². The molecule has 5 nitrogen and oxygen atoms in total. The Morgan fingerprint density at radius 2 is 1.83 bits per heavy atom. The molecule has 1 aromatic carbocycles. The van der Waals surface area contributed by atoms with E-state index in [1.54, 1.807) is 0 Å². The van der Waals surface area contributed by atoms with Crippen molar-refractivity contribution < 1.29 is 28.2 Å². The number of alkyl halides is 1. The molecule has 0 saturated carbocycles. The summed E-state index contributed by atoms with van der Waals surface area (Å²) < 4.78 is 27.5. The van der Waals surface area contributed by atoms with Crippen LogP contribution in [-0.4, -0.2) is 39.3 Å². The number of esters is 1. The van der Waals surface area contributed by atoms with Gasteiger partial charge < -0.3 is 14.2 Å². The standard InChI is InChI=1S/C12H13FO5/c1-16-7-4-5-8(9(6-7)17-2)11(14)10(13)12(15)18-3/h4-6,10H,1-3H3. The average Bonchev–Trinajstić information content (AvgIpc) is 2.43. The van der Waals surface area contributed by atoms with Crippen molar-refractivity contribution in [3.63, 3.8) is 0 Å². The Morgan fingerprint density at radius 1 is 1.17 bits per heavy atom. The lowest BCUT2D eigenvalue weighted by molar-refractivity contribution is -0.144. The lowest BCUT2D eigenvalue weighted by atomic mass is 10.1. The molecule has 0 amide bonds. The molecule has 1 rings (SSSR count). The van der Waals surface area contributed by atoms with Crippen molar-refractivity contribution in [1.82, 2.24) is 0 Å². The molecule has 0 aliphatic rings. The molecule has 1 aromatic rings. The smallest absolute Gasteiger partial charge is 0.348 e. The number of carbonyl (C=O) groups excluding carboxylic acids is 2. The van der Waals surface area contributed by atoms with E-state index in [1.165, 1.54) is 32.4 Å². The third kappa shape index (κ3) is 2.77. The average molecular weight is 256 g/mol. The number of halogens is 1. The van der Waals surface area contributed by atoms with Gasteiger partial charge in [-0.2, -0.15) is 0 Å². The second kappa shape index (κ2) is 6.00. The van der Waals surface area contributed by atoms with E-state index < -0.39 is 17.9 Å². The molecule has 0 aliphatic heterocycles. The van der Waals surface area contributed by atoms with Gasteiger partial charge in [0.25, 0.3) is 6.17 Å². The maximum absolute atomic E-state index is 13.5. The molecule has 0 N–H and O–H groups in total. The third-order valence-corrected chi connectivity index (χ3v) is 2.31. The number of ketones is 1. The molecule has 0 heterocycles. The van der Waals surface area contributed by atoms with Crippen LogP contribution in [0.3, 0.4) is 0 Å². The Morgan fingerprint density at radius 3 is 2.33 bits per heavy atom. The predicted octanol–water partition coefficient (Wildman–Crippen LogP) is 1.40. The molecular formula is C12H13FO5. The van der Waals surface area contributed by atoms with Gasteiger partial charge in [0.05, 0.1) is 26.9 Å². The van der Waals surface area contributed by atoms with Crippen LogP contribution in [0.15, 0.2) is 18.2 Å². The van der Waals surface area contributed by atoms with Crippen molar-refractivity contribution >= 4 is 11.8 Å². The van der Waals surface area contributed by atoms with Crippen molar-refractivity contribution in [1.29, 1.82) is 0 Å². The summed E-state index contributed by atoms with van der Waals surface area (Å²) in [4.78, 5) is 22.7. The normalized spacial score (nSPS) is 11.6. The van der Waals surface area contributed by atoms with E-state index in [0.29, 0.717) is 5.75 Å². The summed E-state index contributed by atoms with van der Waals surface area (Å²) in [6.45, 7) is 0. The minimum absolute atomic E-state index is 0.0452. The summed E-state index contributed by atoms with van der Waals surface area (Å²) in [7, 11) is 3.78. The molecule has 18 heavy (non-hydrogen) atoms. The van der Waals surface area contributed by atoms with E-state index in [4.69, 9.17) is 9.47 Å². The molecule has 1 unspecified atom stereocenters. The zero-order chi connectivity index (χ0) is 13.7. The fourth-order valence-electron chi connectivity index (χ4n) is 1.35. The van der Waals surface area contributed by atoms with Crippen LogP contribution in [0.1, 0.15) is 10.4 Å². The minimum atomic E-state index is -2.36. The fraction of sp³-hybridized carbons (Fsp3) is 0.333. The summed E-state index contributed by atoms with van der Waals surface area (Å²) in [5.74, 6) is -1.66. The maximum Gasteiger partial charge on any atom is 0.348 e. The van der Waals surface area contributed by atoms with Crippen LogP contribution in [0.2, 0.25) is 0 Å². The SMILES string of the molecule is COC(=O)C(F)C(=O)c1ccc(OC)cc1OC. The number of hydrogen-bond acceptors (Lipinski definition) is 5. The van der Waals surface area contributed by atoms with Crippen LogP contribution in [0.5, 0.6) is 11.5 Å². The van der Waals surface area contributed by atoms with Crippen LogP contribution >= 0.6 is 0 Å². The molecule has 0 spiro atoms. The number of carbonyl (C=O) groups is 2. The first-order valence-corrected chi connectivity index (χ1v) is 5.03. The second-order valence-corrected chi connectivity index (χ2v) is 3.32. The highest BCUT2D eigenvalue weighted by molar-refractivity contribution is 6.12. The highest BCUT2D eigenvalue weighted by Gasteiger charge is 2.30. The van der Waals surface area contributed by atoms with E-state index in [2.05, 4.69) is 4.74 Å². The van der Waals surface area contributed by atoms with Gasteiger partial charge in [-0.3, -0.25) is 4.79 Å². The van der Waals surface area contributed by atoms with Crippen LogP contribution in [0, 0.1) is 0 Å². The molecule has 1 atom stereocenters. The third-order valence-electron chi connectivity index (χ3n) is 2.31. The Bertz CT molecular complexity index is 458. The van der Waals surface area contributed by atoms with Gasteiger partial charge in [-0.05, 0) is 12.1 Å². The number of hydrogen-bond donors (Lipinski definition) is 0. The molecule has 0 aromatic heterocycles. The number of benzene rings is 1. The van der Waals surface area contributed by atoms with Gasteiger partial charge in [0.1, 0.15) is 11.5 Å². The topological polar surface area (TPSA) is 61.8 Å². The quantitative estimate of drug-likeness (QED) is 0.452. The van der Waals surface area contributed by atoms with Crippen molar-refractivity contribution in [3.8, 4) is 11.5 Å². The maximum atomic E-state index is 13.5. The summed E-state index contributed by atoms with van der Waals surface area (Å²) in [5, 5.41) is 0. The first kappa shape index (κ1) is 14.0. The lowest BCUT2D eigenvalue weighted by Gasteiger charge is -2.10. The van der Waals surface area contributed by atoms with Gasteiger partial charge in [-0.15, -0.1) is 0 Å². The number of rotatable bonds is 5. The van der Waals surface area contributed by atoms with E-state index >= 15 is 0 Å². The molecular weight excluding hydrogens is 243 g/mol. The van der Waals surface area contributed by atoms with Gasteiger partial charge in [0, 0.05) is 6.07 Å². The number of ether oxygens (including phenoxy) is 3. The number of Topliss-reactive ketones (excluding diaryl/α,β-unsaturated/α-hetero) is 1. The molecule has 98 valence electrons.